The third kappa shape index (κ3) is 5.10. The highest BCUT2D eigenvalue weighted by molar-refractivity contribution is 7.64. The quantitative estimate of drug-likeness (QED) is 0.134. The third-order valence-corrected chi connectivity index (χ3v) is 7.68. The number of phosphoric acid groups is 1. The van der Waals surface area contributed by atoms with E-state index in [1.54, 1.807) is 0 Å². The largest absolute Gasteiger partial charge is 0.479 e. The molecule has 0 aromatic carbocycles. The number of aromatic nitrogens is 4. The van der Waals surface area contributed by atoms with Crippen LogP contribution in [-0.2, 0) is 29.7 Å². The molecular weight excluding hydrogens is 472 g/mol. The molecule has 4 unspecified atom stereocenters. The average molecular weight is 494 g/mol. The van der Waals surface area contributed by atoms with Gasteiger partial charge in [-0.25, -0.2) is 13.4 Å². The normalized spacial score (nSPS) is 27.1. The van der Waals surface area contributed by atoms with Crippen LogP contribution in [0.15, 0.2) is 11.1 Å². The van der Waals surface area contributed by atoms with Gasteiger partial charge in [0.05, 0.1) is 19.8 Å². The van der Waals surface area contributed by atoms with Crippen molar-refractivity contribution in [3.05, 3.63) is 16.7 Å². The Labute approximate surface area is 180 Å². The molecule has 1 saturated heterocycles. The lowest BCUT2D eigenvalue weighted by atomic mass is 10.1. The number of hydrogen-bond donors (Lipinski definition) is 6. The summed E-state index contributed by atoms with van der Waals surface area (Å²) in [6.45, 7) is -0.779. The summed E-state index contributed by atoms with van der Waals surface area (Å²) in [6, 6.07) is 0. The summed E-state index contributed by atoms with van der Waals surface area (Å²) in [7, 11) is -8.00. The molecule has 0 radical (unpaired) electrons. The fourth-order valence-electron chi connectivity index (χ4n) is 3.15. The van der Waals surface area contributed by atoms with E-state index in [1.165, 1.54) is 22.5 Å². The number of imidazole rings is 1. The number of hydrogen-bond acceptors (Lipinski definition) is 10. The van der Waals surface area contributed by atoms with Gasteiger partial charge >= 0.3 is 21.0 Å². The minimum atomic E-state index is -5.03. The van der Waals surface area contributed by atoms with Gasteiger partial charge in [-0.1, -0.05) is 0 Å². The van der Waals surface area contributed by atoms with Crippen LogP contribution in [0, 0.1) is 12.3 Å². The van der Waals surface area contributed by atoms with Crippen molar-refractivity contribution >= 4 is 32.5 Å². The highest BCUT2D eigenvalue weighted by Gasteiger charge is 2.48. The Kier molecular flexibility index (Phi) is 6.92. The van der Waals surface area contributed by atoms with Gasteiger partial charge in [0, 0.05) is 6.42 Å². The molecule has 3 rings (SSSR count). The molecule has 3 heterocycles. The first-order valence-corrected chi connectivity index (χ1v) is 12.3. The molecule has 0 amide bonds. The molecule has 32 heavy (non-hydrogen) atoms. The second-order valence-corrected chi connectivity index (χ2v) is 10.5. The average Bonchev–Trinajstić information content (AvgIpc) is 3.14. The molecular formula is C15H22N5O10P2+. The number of phosphoric ester groups is 1. The summed E-state index contributed by atoms with van der Waals surface area (Å²) in [5, 5.41) is 20.7. The van der Waals surface area contributed by atoms with Crippen molar-refractivity contribution in [2.75, 3.05) is 18.5 Å². The zero-order chi connectivity index (χ0) is 23.8. The van der Waals surface area contributed by atoms with Crippen LogP contribution in [0.2, 0.25) is 0 Å². The van der Waals surface area contributed by atoms with E-state index in [9.17, 15) is 33.9 Å². The van der Waals surface area contributed by atoms with Crippen LogP contribution in [0.3, 0.4) is 0 Å². The smallest absolute Gasteiger partial charge is 0.387 e. The van der Waals surface area contributed by atoms with Gasteiger partial charge in [0.25, 0.3) is 11.2 Å². The summed E-state index contributed by atoms with van der Waals surface area (Å²) >= 11 is 0. The molecule has 1 aliphatic heterocycles. The molecule has 1 fully saturated rings. The number of aliphatic hydroxyl groups excluding tert-OH is 2. The number of aryl methyl sites for hydroxylation is 1. The predicted molar refractivity (Wildman–Crippen MR) is 107 cm³/mol. The van der Waals surface area contributed by atoms with E-state index in [2.05, 4.69) is 24.7 Å². The lowest BCUT2D eigenvalue weighted by Gasteiger charge is -2.18. The van der Waals surface area contributed by atoms with Gasteiger partial charge in [0.1, 0.15) is 18.3 Å². The Hall–Kier alpha value is -2.11. The van der Waals surface area contributed by atoms with Crippen molar-refractivity contribution in [2.24, 2.45) is 7.05 Å². The van der Waals surface area contributed by atoms with Gasteiger partial charge in [-0.2, -0.15) is 9.55 Å². The first kappa shape index (κ1) is 24.5. The van der Waals surface area contributed by atoms with E-state index in [4.69, 9.17) is 16.9 Å². The molecule has 2 aromatic rings. The SMILES string of the molecule is C#CCCP(=O)(O)OP(=O)(O)OC[C@H]1O[C@@H](n2c[n+](C)c3c(=O)[nH]c(N)nc32)C(O)C1O. The van der Waals surface area contributed by atoms with Crippen LogP contribution < -0.4 is 15.9 Å². The van der Waals surface area contributed by atoms with Gasteiger partial charge in [0.2, 0.25) is 18.5 Å². The number of aromatic amines is 1. The minimum Gasteiger partial charge on any atom is -0.387 e. The molecule has 1 aliphatic rings. The lowest BCUT2D eigenvalue weighted by Crippen LogP contribution is -2.34. The van der Waals surface area contributed by atoms with E-state index in [-0.39, 0.29) is 23.5 Å². The number of ether oxygens (including phenoxy) is 1. The zero-order valence-corrected chi connectivity index (χ0v) is 18.4. The molecule has 0 saturated carbocycles. The van der Waals surface area contributed by atoms with Crippen LogP contribution in [0.4, 0.5) is 5.95 Å². The standard InChI is InChI=1S/C15H21N5O10P2/c1-3-4-5-31(24,25)30-32(26,27)28-6-8-10(21)11(22)14(29-8)20-7-19(2)9-12(20)17-15(16)18-13(9)23/h1,7-8,10-11,14,21-22H,4-6H2,2H3,(H4-,16,17,18,23,24,25,26,27)/p+1/t8-,10?,11?,14-/m1/s1. The van der Waals surface area contributed by atoms with Crippen molar-refractivity contribution in [2.45, 2.75) is 31.0 Å². The Morgan fingerprint density at radius 2 is 2.09 bits per heavy atom. The van der Waals surface area contributed by atoms with Gasteiger partial charge in [-0.05, 0) is 0 Å². The first-order chi connectivity index (χ1) is 14.8. The van der Waals surface area contributed by atoms with E-state index < -0.39 is 58.3 Å². The molecule has 2 aromatic heterocycles. The molecule has 0 spiro atoms. The maximum Gasteiger partial charge on any atom is 0.479 e. The maximum absolute atomic E-state index is 12.1. The first-order valence-electron chi connectivity index (χ1n) is 9.07. The summed E-state index contributed by atoms with van der Waals surface area (Å²) in [6.07, 6.45) is -0.134. The van der Waals surface area contributed by atoms with E-state index in [0.29, 0.717) is 0 Å². The van der Waals surface area contributed by atoms with E-state index >= 15 is 0 Å². The number of nitrogens with zero attached hydrogens (tertiary/aromatic N) is 3. The topological polar surface area (TPSA) is 223 Å². The van der Waals surface area contributed by atoms with Gasteiger partial charge < -0.3 is 30.5 Å². The number of nitrogens with one attached hydrogen (secondary N) is 1. The Morgan fingerprint density at radius 1 is 1.41 bits per heavy atom. The van der Waals surface area contributed by atoms with Crippen LogP contribution in [0.25, 0.3) is 11.2 Å². The van der Waals surface area contributed by atoms with Crippen LogP contribution >= 0.6 is 15.4 Å². The number of fused-ring (bicyclic) bond motifs is 1. The molecule has 15 nitrogen and oxygen atoms in total. The van der Waals surface area contributed by atoms with Crippen molar-refractivity contribution in [1.29, 1.82) is 0 Å². The Bertz CT molecular complexity index is 1210. The fraction of sp³-hybridized carbons (Fsp3) is 0.533. The third-order valence-electron chi connectivity index (χ3n) is 4.57. The van der Waals surface area contributed by atoms with Crippen LogP contribution in [0.1, 0.15) is 12.6 Å². The number of nitrogens with two attached hydrogens (primary N) is 1. The predicted octanol–water partition coefficient (Wildman–Crippen LogP) is -1.91. The van der Waals surface area contributed by atoms with Crippen LogP contribution in [0.5, 0.6) is 0 Å². The molecule has 17 heteroatoms. The molecule has 7 N–H and O–H groups in total. The molecule has 6 atom stereocenters. The highest BCUT2D eigenvalue weighted by Crippen LogP contribution is 2.60. The summed E-state index contributed by atoms with van der Waals surface area (Å²) < 4.78 is 40.9. The van der Waals surface area contributed by atoms with Crippen molar-refractivity contribution < 1.29 is 47.3 Å². The zero-order valence-electron chi connectivity index (χ0n) is 16.6. The summed E-state index contributed by atoms with van der Waals surface area (Å²) in [5.41, 5.74) is 5.20. The number of terminal acetylenes is 1. The van der Waals surface area contributed by atoms with Crippen LogP contribution in [-0.4, -0.2) is 65.6 Å². The van der Waals surface area contributed by atoms with Gasteiger partial charge in [0.15, 0.2) is 0 Å². The molecule has 176 valence electrons. The number of H-pyrrole nitrogens is 1. The van der Waals surface area contributed by atoms with E-state index in [0.717, 1.165) is 0 Å². The minimum absolute atomic E-state index is 0.0532. The molecule has 0 bridgehead atoms. The second kappa shape index (κ2) is 9.03. The van der Waals surface area contributed by atoms with Gasteiger partial charge in [-0.3, -0.25) is 18.9 Å². The molecule has 0 aliphatic carbocycles. The number of rotatable bonds is 8. The van der Waals surface area contributed by atoms with Crippen molar-refractivity contribution in [1.82, 2.24) is 14.5 Å². The second-order valence-electron chi connectivity index (χ2n) is 6.96. The highest BCUT2D eigenvalue weighted by atomic mass is 31.3. The van der Waals surface area contributed by atoms with Crippen molar-refractivity contribution in [3.63, 3.8) is 0 Å². The number of nitrogen functional groups attached to an aromatic ring is 1. The van der Waals surface area contributed by atoms with E-state index in [1.807, 2.05) is 0 Å². The Morgan fingerprint density at radius 3 is 2.75 bits per heavy atom. The summed E-state index contributed by atoms with van der Waals surface area (Å²) in [4.78, 5) is 37.8. The Balaban J connectivity index is 1.76. The summed E-state index contributed by atoms with van der Waals surface area (Å²) in [5.74, 6) is 1.91. The van der Waals surface area contributed by atoms with Gasteiger partial charge in [-0.15, -0.1) is 12.3 Å². The number of aliphatic hydroxyl groups is 2. The number of anilines is 1. The van der Waals surface area contributed by atoms with Crippen molar-refractivity contribution in [3.8, 4) is 12.3 Å². The monoisotopic (exact) mass is 494 g/mol. The lowest BCUT2D eigenvalue weighted by molar-refractivity contribution is -0.646. The fourth-order valence-corrected chi connectivity index (χ4v) is 5.70. The maximum atomic E-state index is 12.1.